The summed E-state index contributed by atoms with van der Waals surface area (Å²) in [6.45, 7) is 9.06. The number of aliphatic hydroxyl groups excluding tert-OH is 1. The first kappa shape index (κ1) is 25.6. The topological polar surface area (TPSA) is 162 Å². The van der Waals surface area contributed by atoms with Crippen molar-refractivity contribution in [1.29, 1.82) is 0 Å². The number of carbonyl (C=O) groups excluding carboxylic acids is 3. The van der Waals surface area contributed by atoms with E-state index < -0.39 is 36.2 Å². The van der Waals surface area contributed by atoms with Crippen LogP contribution in [-0.2, 0) is 20.8 Å². The molecular weight excluding hydrogens is 388 g/mol. The first-order chi connectivity index (χ1) is 14.0. The number of nitrogens with zero attached hydrogens (tertiary/aromatic N) is 1. The molecule has 1 rings (SSSR count). The number of imidazole rings is 1. The number of nitrogens with one attached hydrogen (secondary N) is 4. The monoisotopic (exact) mass is 424 g/mol. The lowest BCUT2D eigenvalue weighted by atomic mass is 9.95. The van der Waals surface area contributed by atoms with Crippen molar-refractivity contribution in [2.24, 2.45) is 17.6 Å². The number of amides is 3. The van der Waals surface area contributed by atoms with Gasteiger partial charge in [-0.1, -0.05) is 34.1 Å². The number of aromatic amines is 1. The van der Waals surface area contributed by atoms with Crippen molar-refractivity contribution in [2.45, 2.75) is 78.2 Å². The third-order valence-corrected chi connectivity index (χ3v) is 5.00. The minimum Gasteiger partial charge on any atom is -0.376 e. The van der Waals surface area contributed by atoms with Gasteiger partial charge in [-0.3, -0.25) is 19.7 Å². The van der Waals surface area contributed by atoms with Crippen LogP contribution in [0.15, 0.2) is 12.5 Å². The van der Waals surface area contributed by atoms with Crippen molar-refractivity contribution in [3.63, 3.8) is 0 Å². The van der Waals surface area contributed by atoms with Gasteiger partial charge in [0.05, 0.1) is 18.4 Å². The van der Waals surface area contributed by atoms with Gasteiger partial charge in [0.15, 0.2) is 0 Å². The molecule has 7 N–H and O–H groups in total. The van der Waals surface area contributed by atoms with Crippen LogP contribution in [0.2, 0.25) is 0 Å². The molecule has 10 heteroatoms. The number of rotatable bonds is 13. The van der Waals surface area contributed by atoms with Gasteiger partial charge in [0.25, 0.3) is 0 Å². The van der Waals surface area contributed by atoms with Crippen LogP contribution >= 0.6 is 0 Å². The third-order valence-electron chi connectivity index (χ3n) is 5.00. The largest absolute Gasteiger partial charge is 0.376 e. The molecule has 170 valence electrons. The number of aliphatic hydroxyl groups is 1. The van der Waals surface area contributed by atoms with Crippen LogP contribution in [0.4, 0.5) is 0 Å². The summed E-state index contributed by atoms with van der Waals surface area (Å²) in [5.74, 6) is -1.26. The van der Waals surface area contributed by atoms with E-state index in [9.17, 15) is 19.5 Å². The highest BCUT2D eigenvalue weighted by Crippen LogP contribution is 2.13. The standard InChI is InChI=1S/C20H36N6O4/c1-6-12(4)17(20(30)25-15(18(21)28)7-11(2)3)26-19(29)16(24-13(5)27)8-14-9-22-10-23-14/h9-12,15-17,20,25,30H,6-8H2,1-5H3,(H2,21,28)(H,22,23)(H,24,27)(H,26,29)/t12?,15-,16-,17-,20+/m0/s1. The number of nitrogens with two attached hydrogens (primary N) is 1. The maximum absolute atomic E-state index is 12.9. The number of primary amides is 1. The van der Waals surface area contributed by atoms with Gasteiger partial charge < -0.3 is 26.5 Å². The maximum atomic E-state index is 12.9. The minimum absolute atomic E-state index is 0.103. The molecule has 3 amide bonds. The lowest BCUT2D eigenvalue weighted by Crippen LogP contribution is -2.60. The fourth-order valence-corrected chi connectivity index (χ4v) is 3.17. The molecule has 0 fully saturated rings. The highest BCUT2D eigenvalue weighted by molar-refractivity contribution is 5.87. The van der Waals surface area contributed by atoms with E-state index in [2.05, 4.69) is 25.9 Å². The fourth-order valence-electron chi connectivity index (χ4n) is 3.17. The van der Waals surface area contributed by atoms with E-state index in [0.29, 0.717) is 18.5 Å². The van der Waals surface area contributed by atoms with Gasteiger partial charge in [-0.25, -0.2) is 4.98 Å². The quantitative estimate of drug-likeness (QED) is 0.240. The number of aromatic nitrogens is 2. The van der Waals surface area contributed by atoms with Crippen LogP contribution in [0.5, 0.6) is 0 Å². The lowest BCUT2D eigenvalue weighted by Gasteiger charge is -2.33. The number of hydrogen-bond donors (Lipinski definition) is 6. The fraction of sp³-hybridized carbons (Fsp3) is 0.700. The zero-order valence-electron chi connectivity index (χ0n) is 18.4. The molecule has 30 heavy (non-hydrogen) atoms. The van der Waals surface area contributed by atoms with Crippen LogP contribution in [0.25, 0.3) is 0 Å². The Morgan fingerprint density at radius 3 is 2.33 bits per heavy atom. The Hall–Kier alpha value is -2.46. The van der Waals surface area contributed by atoms with Crippen molar-refractivity contribution in [3.8, 4) is 0 Å². The summed E-state index contributed by atoms with van der Waals surface area (Å²) in [6, 6.07) is -2.25. The molecule has 0 aromatic carbocycles. The molecule has 0 spiro atoms. The first-order valence-electron chi connectivity index (χ1n) is 10.3. The predicted molar refractivity (Wildman–Crippen MR) is 113 cm³/mol. The molecule has 0 aliphatic rings. The summed E-state index contributed by atoms with van der Waals surface area (Å²) >= 11 is 0. The van der Waals surface area contributed by atoms with Crippen LogP contribution in [0, 0.1) is 11.8 Å². The molecule has 10 nitrogen and oxygen atoms in total. The van der Waals surface area contributed by atoms with Crippen LogP contribution in [-0.4, -0.2) is 57.1 Å². The van der Waals surface area contributed by atoms with Gasteiger partial charge >= 0.3 is 0 Å². The molecule has 1 aromatic rings. The number of carbonyl (C=O) groups is 3. The third kappa shape index (κ3) is 8.50. The van der Waals surface area contributed by atoms with E-state index in [1.54, 1.807) is 6.20 Å². The molecular formula is C20H36N6O4. The lowest BCUT2D eigenvalue weighted by molar-refractivity contribution is -0.130. The van der Waals surface area contributed by atoms with Gasteiger partial charge in [0, 0.05) is 25.2 Å². The highest BCUT2D eigenvalue weighted by Gasteiger charge is 2.32. The Kier molecular flexibility index (Phi) is 10.5. The highest BCUT2D eigenvalue weighted by atomic mass is 16.3. The maximum Gasteiger partial charge on any atom is 0.243 e. The second-order valence-electron chi connectivity index (χ2n) is 8.15. The Balaban J connectivity index is 2.95. The number of hydrogen-bond acceptors (Lipinski definition) is 6. The van der Waals surface area contributed by atoms with Crippen molar-refractivity contribution in [3.05, 3.63) is 18.2 Å². The van der Waals surface area contributed by atoms with Gasteiger partial charge in [0.2, 0.25) is 17.7 Å². The molecule has 0 aliphatic carbocycles. The normalized spacial score (nSPS) is 16.4. The smallest absolute Gasteiger partial charge is 0.243 e. The van der Waals surface area contributed by atoms with Gasteiger partial charge in [-0.2, -0.15) is 0 Å². The Morgan fingerprint density at radius 1 is 1.20 bits per heavy atom. The van der Waals surface area contributed by atoms with E-state index in [4.69, 9.17) is 5.73 Å². The molecule has 0 saturated heterocycles. The van der Waals surface area contributed by atoms with E-state index in [1.165, 1.54) is 13.3 Å². The van der Waals surface area contributed by atoms with Crippen molar-refractivity contribution >= 4 is 17.7 Å². The summed E-state index contributed by atoms with van der Waals surface area (Å²) in [7, 11) is 0. The van der Waals surface area contributed by atoms with Gasteiger partial charge in [0.1, 0.15) is 12.3 Å². The first-order valence-corrected chi connectivity index (χ1v) is 10.3. The summed E-state index contributed by atoms with van der Waals surface area (Å²) in [5.41, 5.74) is 6.15. The summed E-state index contributed by atoms with van der Waals surface area (Å²) < 4.78 is 0. The number of H-pyrrole nitrogens is 1. The van der Waals surface area contributed by atoms with Crippen molar-refractivity contribution in [2.75, 3.05) is 0 Å². The van der Waals surface area contributed by atoms with Crippen molar-refractivity contribution < 1.29 is 19.5 Å². The zero-order valence-corrected chi connectivity index (χ0v) is 18.4. The van der Waals surface area contributed by atoms with Gasteiger partial charge in [-0.05, 0) is 18.3 Å². The minimum atomic E-state index is -1.19. The Labute approximate surface area is 177 Å². The molecule has 0 saturated carbocycles. The SMILES string of the molecule is CCC(C)[C@H](NC(=O)[C@H](Cc1cnc[nH]1)NC(C)=O)[C@@H](O)N[C@@H](CC(C)C)C(N)=O. The predicted octanol–water partition coefficient (Wildman–Crippen LogP) is -0.204. The van der Waals surface area contributed by atoms with E-state index in [-0.39, 0.29) is 24.2 Å². The average Bonchev–Trinajstić information content (AvgIpc) is 3.16. The molecule has 0 aliphatic heterocycles. The van der Waals surface area contributed by atoms with Crippen molar-refractivity contribution in [1.82, 2.24) is 25.9 Å². The summed E-state index contributed by atoms with van der Waals surface area (Å²) in [6.07, 6.45) is 3.24. The molecule has 0 bridgehead atoms. The van der Waals surface area contributed by atoms with E-state index in [0.717, 1.165) is 0 Å². The summed E-state index contributed by atoms with van der Waals surface area (Å²) in [5, 5.41) is 19.1. The molecule has 0 radical (unpaired) electrons. The van der Waals surface area contributed by atoms with Crippen LogP contribution in [0.1, 0.15) is 53.2 Å². The van der Waals surface area contributed by atoms with E-state index in [1.807, 2.05) is 27.7 Å². The van der Waals surface area contributed by atoms with E-state index >= 15 is 0 Å². The second-order valence-corrected chi connectivity index (χ2v) is 8.15. The zero-order chi connectivity index (χ0) is 22.8. The van der Waals surface area contributed by atoms with Crippen LogP contribution < -0.4 is 21.7 Å². The Bertz CT molecular complexity index is 679. The summed E-state index contributed by atoms with van der Waals surface area (Å²) in [4.78, 5) is 43.1. The van der Waals surface area contributed by atoms with Gasteiger partial charge in [-0.15, -0.1) is 0 Å². The Morgan fingerprint density at radius 2 is 1.87 bits per heavy atom. The second kappa shape index (κ2) is 12.3. The average molecular weight is 425 g/mol. The molecule has 1 unspecified atom stereocenters. The molecule has 5 atom stereocenters. The molecule has 1 heterocycles. The molecule has 1 aromatic heterocycles. The van der Waals surface area contributed by atoms with Crippen LogP contribution in [0.3, 0.4) is 0 Å².